The Morgan fingerprint density at radius 2 is 1.89 bits per heavy atom. The zero-order chi connectivity index (χ0) is 14.3. The second-order valence-corrected chi connectivity index (χ2v) is 3.52. The lowest BCUT2D eigenvalue weighted by atomic mass is 10.6. The molecule has 19 heavy (non-hydrogen) atoms. The van der Waals surface area contributed by atoms with E-state index < -0.39 is 5.97 Å². The van der Waals surface area contributed by atoms with Crippen LogP contribution in [-0.4, -0.2) is 27.7 Å². The molecule has 0 fully saturated rings. The third-order valence-corrected chi connectivity index (χ3v) is 1.88. The van der Waals surface area contributed by atoms with E-state index in [2.05, 4.69) is 14.7 Å². The summed E-state index contributed by atoms with van der Waals surface area (Å²) in [6.45, 7) is 5.45. The Kier molecular flexibility index (Phi) is 5.74. The van der Waals surface area contributed by atoms with Crippen molar-refractivity contribution in [2.75, 3.05) is 6.61 Å². The molecule has 2 rings (SSSR count). The summed E-state index contributed by atoms with van der Waals surface area (Å²) in [5.74, 6) is 1.22. The average Bonchev–Trinajstić information content (AvgIpc) is 2.99. The Morgan fingerprint density at radius 3 is 2.26 bits per heavy atom. The highest BCUT2D eigenvalue weighted by Crippen LogP contribution is 2.02. The van der Waals surface area contributed by atoms with Gasteiger partial charge in [-0.1, -0.05) is 0 Å². The molecule has 2 aromatic rings. The Morgan fingerprint density at radius 1 is 1.26 bits per heavy atom. The normalized spacial score (nSPS) is 9.68. The third kappa shape index (κ3) is 4.92. The van der Waals surface area contributed by atoms with Crippen LogP contribution >= 0.6 is 0 Å². The summed E-state index contributed by atoms with van der Waals surface area (Å²) in [4.78, 5) is 18.3. The van der Waals surface area contributed by atoms with Crippen LogP contribution in [0.2, 0.25) is 0 Å². The summed E-state index contributed by atoms with van der Waals surface area (Å²) in [5.41, 5.74) is 0. The molecule has 0 bridgehead atoms. The number of rotatable bonds is 3. The summed E-state index contributed by atoms with van der Waals surface area (Å²) < 4.78 is 14.4. The first kappa shape index (κ1) is 14.9. The zero-order valence-corrected chi connectivity index (χ0v) is 11.0. The number of hydrogen-bond donors (Lipinski definition) is 1. The second-order valence-electron chi connectivity index (χ2n) is 3.52. The summed E-state index contributed by atoms with van der Waals surface area (Å²) in [6, 6.07) is 0. The van der Waals surface area contributed by atoms with Gasteiger partial charge in [-0.25, -0.2) is 14.8 Å². The molecule has 0 aliphatic heterocycles. The van der Waals surface area contributed by atoms with Crippen LogP contribution in [0.5, 0.6) is 0 Å². The highest BCUT2D eigenvalue weighted by molar-refractivity contribution is 5.84. The Labute approximate surface area is 110 Å². The van der Waals surface area contributed by atoms with Crippen molar-refractivity contribution in [2.24, 2.45) is 0 Å². The smallest absolute Gasteiger partial charge is 0.394 e. The first-order valence-corrected chi connectivity index (χ1v) is 5.68. The molecule has 0 aromatic carbocycles. The van der Waals surface area contributed by atoms with Gasteiger partial charge in [0.2, 0.25) is 5.89 Å². The molecule has 0 amide bonds. The van der Waals surface area contributed by atoms with Gasteiger partial charge >= 0.3 is 11.9 Å². The van der Waals surface area contributed by atoms with E-state index in [1.807, 2.05) is 0 Å². The molecule has 0 radical (unpaired) electrons. The van der Waals surface area contributed by atoms with Crippen molar-refractivity contribution in [3.63, 3.8) is 0 Å². The lowest BCUT2D eigenvalue weighted by Gasteiger charge is -1.94. The molecule has 0 saturated heterocycles. The standard InChI is InChI=1S/C7H9NO3.C5H7NO2/c1-3-10-7(9)6-8-4-5(2)11-6;1-4-2-6-5(3-7)8-4/h4H,3H2,1-2H3;2,7H,3H2,1H3. The summed E-state index contributed by atoms with van der Waals surface area (Å²) in [7, 11) is 0. The van der Waals surface area contributed by atoms with E-state index in [9.17, 15) is 4.79 Å². The number of aliphatic hydroxyl groups is 1. The molecular formula is C12H16N2O5. The number of esters is 1. The highest BCUT2D eigenvalue weighted by atomic mass is 16.5. The van der Waals surface area contributed by atoms with Gasteiger partial charge in [0, 0.05) is 0 Å². The van der Waals surface area contributed by atoms with Gasteiger partial charge in [-0.3, -0.25) is 0 Å². The number of ether oxygens (including phenoxy) is 1. The van der Waals surface area contributed by atoms with Crippen molar-refractivity contribution in [3.8, 4) is 0 Å². The molecule has 104 valence electrons. The first-order valence-electron chi connectivity index (χ1n) is 5.68. The third-order valence-electron chi connectivity index (χ3n) is 1.88. The molecule has 1 N–H and O–H groups in total. The lowest BCUT2D eigenvalue weighted by Crippen LogP contribution is -2.04. The number of carbonyl (C=O) groups is 1. The van der Waals surface area contributed by atoms with Crippen LogP contribution in [0, 0.1) is 13.8 Å². The average molecular weight is 268 g/mol. The van der Waals surface area contributed by atoms with Crippen molar-refractivity contribution < 1.29 is 23.5 Å². The lowest BCUT2D eigenvalue weighted by molar-refractivity contribution is 0.0479. The number of aliphatic hydroxyl groups excluding tert-OH is 1. The highest BCUT2D eigenvalue weighted by Gasteiger charge is 2.11. The fraction of sp³-hybridized carbons (Fsp3) is 0.417. The molecule has 0 aliphatic rings. The van der Waals surface area contributed by atoms with Crippen LogP contribution in [-0.2, 0) is 11.3 Å². The van der Waals surface area contributed by atoms with Crippen molar-refractivity contribution in [3.05, 3.63) is 35.7 Å². The van der Waals surface area contributed by atoms with Gasteiger partial charge in [-0.05, 0) is 20.8 Å². The molecule has 7 nitrogen and oxygen atoms in total. The molecule has 2 heterocycles. The van der Waals surface area contributed by atoms with Crippen LogP contribution in [0.1, 0.15) is 35.0 Å². The van der Waals surface area contributed by atoms with E-state index in [1.165, 1.54) is 6.20 Å². The van der Waals surface area contributed by atoms with Crippen molar-refractivity contribution in [2.45, 2.75) is 27.4 Å². The summed E-state index contributed by atoms with van der Waals surface area (Å²) >= 11 is 0. The minimum Gasteiger partial charge on any atom is -0.459 e. The van der Waals surface area contributed by atoms with E-state index in [4.69, 9.17) is 13.9 Å². The second kappa shape index (κ2) is 7.32. The largest absolute Gasteiger partial charge is 0.459 e. The van der Waals surface area contributed by atoms with E-state index in [0.717, 1.165) is 5.76 Å². The van der Waals surface area contributed by atoms with Crippen LogP contribution in [0.25, 0.3) is 0 Å². The fourth-order valence-corrected chi connectivity index (χ4v) is 1.12. The molecule has 2 aromatic heterocycles. The van der Waals surface area contributed by atoms with Crippen LogP contribution in [0.15, 0.2) is 21.2 Å². The van der Waals surface area contributed by atoms with Crippen LogP contribution in [0.3, 0.4) is 0 Å². The maximum atomic E-state index is 10.9. The van der Waals surface area contributed by atoms with Gasteiger partial charge < -0.3 is 18.7 Å². The number of aromatic nitrogens is 2. The first-order chi connectivity index (χ1) is 9.06. The Hall–Kier alpha value is -2.15. The SMILES string of the molecule is CCOC(=O)c1ncc(C)o1.Cc1cnc(CO)o1. The maximum Gasteiger partial charge on any atom is 0.394 e. The van der Waals surface area contributed by atoms with Crippen molar-refractivity contribution >= 4 is 5.97 Å². The minimum absolute atomic E-state index is 0.0179. The van der Waals surface area contributed by atoms with Gasteiger partial charge in [-0.2, -0.15) is 0 Å². The predicted octanol–water partition coefficient (Wildman–Crippen LogP) is 1.64. The van der Waals surface area contributed by atoms with Gasteiger partial charge in [-0.15, -0.1) is 0 Å². The molecule has 7 heteroatoms. The predicted molar refractivity (Wildman–Crippen MR) is 64.4 cm³/mol. The van der Waals surface area contributed by atoms with E-state index in [-0.39, 0.29) is 12.5 Å². The molecular weight excluding hydrogens is 252 g/mol. The number of aryl methyl sites for hydroxylation is 2. The van der Waals surface area contributed by atoms with Crippen LogP contribution in [0.4, 0.5) is 0 Å². The van der Waals surface area contributed by atoms with E-state index in [0.29, 0.717) is 18.3 Å². The maximum absolute atomic E-state index is 10.9. The summed E-state index contributed by atoms with van der Waals surface area (Å²) in [5, 5.41) is 8.39. The Bertz CT molecular complexity index is 518. The topological polar surface area (TPSA) is 98.6 Å². The van der Waals surface area contributed by atoms with Gasteiger partial charge in [0.15, 0.2) is 0 Å². The number of nitrogens with zero attached hydrogens (tertiary/aromatic N) is 2. The van der Waals surface area contributed by atoms with Gasteiger partial charge in [0.1, 0.15) is 18.1 Å². The molecule has 0 aliphatic carbocycles. The fourth-order valence-electron chi connectivity index (χ4n) is 1.12. The molecule has 0 unspecified atom stereocenters. The van der Waals surface area contributed by atoms with E-state index >= 15 is 0 Å². The van der Waals surface area contributed by atoms with Crippen LogP contribution < -0.4 is 0 Å². The molecule has 0 atom stereocenters. The quantitative estimate of drug-likeness (QED) is 0.844. The molecule has 0 saturated carbocycles. The monoisotopic (exact) mass is 268 g/mol. The number of hydrogen-bond acceptors (Lipinski definition) is 7. The van der Waals surface area contributed by atoms with Gasteiger partial charge in [0.25, 0.3) is 0 Å². The minimum atomic E-state index is -0.513. The van der Waals surface area contributed by atoms with Crippen molar-refractivity contribution in [1.82, 2.24) is 9.97 Å². The summed E-state index contributed by atoms with van der Waals surface area (Å²) in [6.07, 6.45) is 3.05. The van der Waals surface area contributed by atoms with Gasteiger partial charge in [0.05, 0.1) is 19.0 Å². The number of oxazole rings is 2. The number of carbonyl (C=O) groups excluding carboxylic acids is 1. The molecule has 0 spiro atoms. The Balaban J connectivity index is 0.000000200. The van der Waals surface area contributed by atoms with Crippen molar-refractivity contribution in [1.29, 1.82) is 0 Å². The zero-order valence-electron chi connectivity index (χ0n) is 11.0. The van der Waals surface area contributed by atoms with E-state index in [1.54, 1.807) is 27.0 Å².